The number of benzene rings is 1. The molecule has 0 aliphatic rings. The van der Waals surface area contributed by atoms with Crippen LogP contribution in [-0.2, 0) is 6.54 Å². The lowest BCUT2D eigenvalue weighted by Crippen LogP contribution is -2.19. The van der Waals surface area contributed by atoms with Gasteiger partial charge in [-0.15, -0.1) is 0 Å². The number of halogens is 1. The largest absolute Gasteiger partial charge is 0.326 e. The first-order valence-electron chi connectivity index (χ1n) is 5.94. The van der Waals surface area contributed by atoms with Gasteiger partial charge in [-0.1, -0.05) is 18.2 Å². The van der Waals surface area contributed by atoms with Gasteiger partial charge in [0, 0.05) is 30.5 Å². The third kappa shape index (κ3) is 2.33. The molecule has 0 aliphatic carbocycles. The Bertz CT molecular complexity index is 514. The van der Waals surface area contributed by atoms with Gasteiger partial charge in [0.15, 0.2) is 11.6 Å². The van der Waals surface area contributed by atoms with Crippen LogP contribution in [0.2, 0.25) is 0 Å². The highest BCUT2D eigenvalue weighted by atomic mass is 19.1. The van der Waals surface area contributed by atoms with E-state index in [0.717, 1.165) is 5.69 Å². The van der Waals surface area contributed by atoms with Gasteiger partial charge in [0.1, 0.15) is 0 Å². The second kappa shape index (κ2) is 5.60. The van der Waals surface area contributed by atoms with E-state index in [0.29, 0.717) is 17.9 Å². The summed E-state index contributed by atoms with van der Waals surface area (Å²) in [5, 5.41) is 0. The molecule has 0 atom stereocenters. The summed E-state index contributed by atoms with van der Waals surface area (Å²) in [4.78, 5) is 5.96. The molecule has 0 saturated carbocycles. The summed E-state index contributed by atoms with van der Waals surface area (Å²) < 4.78 is 14.2. The summed E-state index contributed by atoms with van der Waals surface area (Å²) in [6.07, 6.45) is 1.59. The molecule has 4 heteroatoms. The van der Waals surface area contributed by atoms with Crippen LogP contribution in [-0.4, -0.2) is 11.5 Å². The molecule has 0 bridgehead atoms. The van der Waals surface area contributed by atoms with Gasteiger partial charge in [-0.2, -0.15) is 0 Å². The zero-order chi connectivity index (χ0) is 13.0. The normalized spacial score (nSPS) is 10.4. The van der Waals surface area contributed by atoms with E-state index < -0.39 is 0 Å². The first-order valence-corrected chi connectivity index (χ1v) is 5.94. The standard InChI is InChI=1S/C14H16FN3/c1-2-18(12-6-4-3-5-7-12)14-13(15)11(10-16)8-9-17-14/h3-9H,2,10,16H2,1H3. The van der Waals surface area contributed by atoms with Crippen molar-refractivity contribution in [3.8, 4) is 0 Å². The highest BCUT2D eigenvalue weighted by Crippen LogP contribution is 2.26. The van der Waals surface area contributed by atoms with Gasteiger partial charge in [0.2, 0.25) is 0 Å². The second-order valence-electron chi connectivity index (χ2n) is 3.89. The van der Waals surface area contributed by atoms with Gasteiger partial charge in [0.05, 0.1) is 0 Å². The van der Waals surface area contributed by atoms with E-state index in [1.165, 1.54) is 0 Å². The van der Waals surface area contributed by atoms with E-state index in [2.05, 4.69) is 4.98 Å². The van der Waals surface area contributed by atoms with Gasteiger partial charge in [0.25, 0.3) is 0 Å². The van der Waals surface area contributed by atoms with Crippen LogP contribution in [0.3, 0.4) is 0 Å². The van der Waals surface area contributed by atoms with Crippen molar-refractivity contribution in [3.05, 3.63) is 54.0 Å². The zero-order valence-electron chi connectivity index (χ0n) is 10.3. The van der Waals surface area contributed by atoms with Crippen molar-refractivity contribution >= 4 is 11.5 Å². The molecule has 0 spiro atoms. The van der Waals surface area contributed by atoms with E-state index in [9.17, 15) is 4.39 Å². The molecular formula is C14H16FN3. The van der Waals surface area contributed by atoms with Crippen LogP contribution < -0.4 is 10.6 Å². The summed E-state index contributed by atoms with van der Waals surface area (Å²) in [5.74, 6) is -0.0163. The Morgan fingerprint density at radius 3 is 2.56 bits per heavy atom. The average Bonchev–Trinajstić information content (AvgIpc) is 2.43. The monoisotopic (exact) mass is 245 g/mol. The van der Waals surface area contributed by atoms with Crippen molar-refractivity contribution in [2.75, 3.05) is 11.4 Å². The Balaban J connectivity index is 2.46. The smallest absolute Gasteiger partial charge is 0.170 e. The molecule has 1 aromatic carbocycles. The summed E-state index contributed by atoms with van der Waals surface area (Å²) in [5.41, 5.74) is 6.91. The third-order valence-electron chi connectivity index (χ3n) is 2.81. The van der Waals surface area contributed by atoms with Crippen molar-refractivity contribution in [3.63, 3.8) is 0 Å². The predicted octanol–water partition coefficient (Wildman–Crippen LogP) is 2.84. The van der Waals surface area contributed by atoms with Crippen molar-refractivity contribution < 1.29 is 4.39 Å². The molecule has 0 aliphatic heterocycles. The maximum atomic E-state index is 14.2. The predicted molar refractivity (Wildman–Crippen MR) is 71.2 cm³/mol. The molecule has 94 valence electrons. The Labute approximate surface area is 106 Å². The summed E-state index contributed by atoms with van der Waals surface area (Å²) in [7, 11) is 0. The molecule has 0 amide bonds. The van der Waals surface area contributed by atoms with Gasteiger partial charge in [-0.05, 0) is 25.1 Å². The molecule has 2 aromatic rings. The van der Waals surface area contributed by atoms with Gasteiger partial charge >= 0.3 is 0 Å². The summed E-state index contributed by atoms with van der Waals surface area (Å²) in [6, 6.07) is 11.2. The fourth-order valence-corrected chi connectivity index (χ4v) is 1.88. The maximum absolute atomic E-state index is 14.2. The second-order valence-corrected chi connectivity index (χ2v) is 3.89. The Morgan fingerprint density at radius 1 is 1.22 bits per heavy atom. The van der Waals surface area contributed by atoms with Crippen molar-refractivity contribution in [2.45, 2.75) is 13.5 Å². The van der Waals surface area contributed by atoms with Crippen LogP contribution in [0.1, 0.15) is 12.5 Å². The highest BCUT2D eigenvalue weighted by molar-refractivity contribution is 5.60. The molecular weight excluding hydrogens is 229 g/mol. The fraction of sp³-hybridized carbons (Fsp3) is 0.214. The number of pyridine rings is 1. The quantitative estimate of drug-likeness (QED) is 0.900. The zero-order valence-corrected chi connectivity index (χ0v) is 10.3. The number of para-hydroxylation sites is 1. The van der Waals surface area contributed by atoms with Crippen molar-refractivity contribution in [1.29, 1.82) is 0 Å². The number of hydrogen-bond acceptors (Lipinski definition) is 3. The van der Waals surface area contributed by atoms with Crippen LogP contribution in [0.25, 0.3) is 0 Å². The third-order valence-corrected chi connectivity index (χ3v) is 2.81. The van der Waals surface area contributed by atoms with Crippen LogP contribution in [0.4, 0.5) is 15.9 Å². The number of anilines is 2. The van der Waals surface area contributed by atoms with Crippen LogP contribution in [0.15, 0.2) is 42.6 Å². The average molecular weight is 245 g/mol. The lowest BCUT2D eigenvalue weighted by atomic mass is 10.2. The van der Waals surface area contributed by atoms with Gasteiger partial charge < -0.3 is 10.6 Å². The van der Waals surface area contributed by atoms with E-state index >= 15 is 0 Å². The molecule has 2 N–H and O–H groups in total. The van der Waals surface area contributed by atoms with E-state index in [1.54, 1.807) is 12.3 Å². The first kappa shape index (κ1) is 12.5. The highest BCUT2D eigenvalue weighted by Gasteiger charge is 2.15. The minimum absolute atomic E-state index is 0.174. The van der Waals surface area contributed by atoms with Crippen LogP contribution >= 0.6 is 0 Å². The van der Waals surface area contributed by atoms with E-state index in [-0.39, 0.29) is 12.4 Å². The van der Waals surface area contributed by atoms with Crippen LogP contribution in [0, 0.1) is 5.82 Å². The number of rotatable bonds is 4. The Kier molecular flexibility index (Phi) is 3.89. The molecule has 0 saturated heterocycles. The number of hydrogen-bond donors (Lipinski definition) is 1. The molecule has 1 aromatic heterocycles. The van der Waals surface area contributed by atoms with Crippen LogP contribution in [0.5, 0.6) is 0 Å². The molecule has 0 unspecified atom stereocenters. The Hall–Kier alpha value is -1.94. The minimum Gasteiger partial charge on any atom is -0.326 e. The molecule has 18 heavy (non-hydrogen) atoms. The lowest BCUT2D eigenvalue weighted by molar-refractivity contribution is 0.602. The number of nitrogens with zero attached hydrogens (tertiary/aromatic N) is 2. The fourth-order valence-electron chi connectivity index (χ4n) is 1.88. The van der Waals surface area contributed by atoms with Gasteiger partial charge in [-0.3, -0.25) is 0 Å². The van der Waals surface area contributed by atoms with Crippen molar-refractivity contribution in [2.24, 2.45) is 5.73 Å². The lowest BCUT2D eigenvalue weighted by Gasteiger charge is -2.23. The maximum Gasteiger partial charge on any atom is 0.170 e. The molecule has 1 heterocycles. The minimum atomic E-state index is -0.342. The summed E-state index contributed by atoms with van der Waals surface area (Å²) in [6.45, 7) is 2.78. The topological polar surface area (TPSA) is 42.2 Å². The van der Waals surface area contributed by atoms with E-state index in [1.807, 2.05) is 42.2 Å². The molecule has 0 fully saturated rings. The molecule has 0 radical (unpaired) electrons. The van der Waals surface area contributed by atoms with E-state index in [4.69, 9.17) is 5.73 Å². The SMILES string of the molecule is CCN(c1ccccc1)c1nccc(CN)c1F. The number of aromatic nitrogens is 1. The summed E-state index contributed by atoms with van der Waals surface area (Å²) >= 11 is 0. The van der Waals surface area contributed by atoms with Gasteiger partial charge in [-0.25, -0.2) is 9.37 Å². The Morgan fingerprint density at radius 2 is 1.94 bits per heavy atom. The molecule has 2 rings (SSSR count). The molecule has 3 nitrogen and oxygen atoms in total. The van der Waals surface area contributed by atoms with Crippen molar-refractivity contribution in [1.82, 2.24) is 4.98 Å². The first-order chi connectivity index (χ1) is 8.77. The number of nitrogens with two attached hydrogens (primary N) is 1.